The molecule has 36 heavy (non-hydrogen) atoms. The van der Waals surface area contributed by atoms with Crippen LogP contribution in [0, 0.1) is 27.7 Å². The van der Waals surface area contributed by atoms with E-state index in [9.17, 15) is 14.4 Å². The summed E-state index contributed by atoms with van der Waals surface area (Å²) in [6.45, 7) is 7.49. The maximum absolute atomic E-state index is 13.9. The lowest BCUT2D eigenvalue weighted by Crippen LogP contribution is -2.41. The van der Waals surface area contributed by atoms with Gasteiger partial charge in [0.2, 0.25) is 5.91 Å². The average molecular weight is 481 g/mol. The molecule has 0 radical (unpaired) electrons. The molecular formula is C29H28N4O3. The van der Waals surface area contributed by atoms with E-state index >= 15 is 0 Å². The molecular weight excluding hydrogens is 452 g/mol. The molecule has 1 amide bonds. The smallest absolute Gasteiger partial charge is 0.336 e. The Morgan fingerprint density at radius 3 is 2.19 bits per heavy atom. The van der Waals surface area contributed by atoms with Gasteiger partial charge in [0.15, 0.2) is 0 Å². The summed E-state index contributed by atoms with van der Waals surface area (Å²) in [7, 11) is 1.81. The van der Waals surface area contributed by atoms with Crippen molar-refractivity contribution in [2.75, 3.05) is 5.32 Å². The Labute approximate surface area is 208 Å². The zero-order valence-electron chi connectivity index (χ0n) is 21.0. The molecule has 0 unspecified atom stereocenters. The van der Waals surface area contributed by atoms with Gasteiger partial charge in [-0.05, 0) is 68.7 Å². The van der Waals surface area contributed by atoms with Gasteiger partial charge in [-0.2, -0.15) is 0 Å². The summed E-state index contributed by atoms with van der Waals surface area (Å²) in [5, 5.41) is 3.74. The highest BCUT2D eigenvalue weighted by Crippen LogP contribution is 2.27. The van der Waals surface area contributed by atoms with Crippen molar-refractivity contribution in [3.05, 3.63) is 104 Å². The van der Waals surface area contributed by atoms with Crippen molar-refractivity contribution < 1.29 is 4.79 Å². The molecule has 2 aromatic heterocycles. The van der Waals surface area contributed by atoms with Crippen molar-refractivity contribution in [1.29, 1.82) is 0 Å². The van der Waals surface area contributed by atoms with Crippen LogP contribution in [-0.2, 0) is 18.4 Å². The first kappa shape index (κ1) is 23.4. The first-order chi connectivity index (χ1) is 17.2. The SMILES string of the molecule is Cc1cccc(-n2c(=O)c3c(c4cc(C)ccc4n3C)n(CC(=O)Nc3c(C)cccc3C)c2=O)c1. The minimum atomic E-state index is -0.552. The third-order valence-electron chi connectivity index (χ3n) is 6.73. The fraction of sp³-hybridized carbons (Fsp3) is 0.207. The number of aromatic nitrogens is 3. The second kappa shape index (κ2) is 8.68. The molecule has 0 aliphatic heterocycles. The summed E-state index contributed by atoms with van der Waals surface area (Å²) < 4.78 is 4.38. The van der Waals surface area contributed by atoms with E-state index in [1.165, 1.54) is 4.57 Å². The number of para-hydroxylation sites is 1. The molecule has 0 fully saturated rings. The Kier molecular flexibility index (Phi) is 5.63. The molecule has 182 valence electrons. The fourth-order valence-corrected chi connectivity index (χ4v) is 4.94. The summed E-state index contributed by atoms with van der Waals surface area (Å²) in [6, 6.07) is 18.9. The summed E-state index contributed by atoms with van der Waals surface area (Å²) in [5.74, 6) is -0.338. The number of aryl methyl sites for hydroxylation is 5. The van der Waals surface area contributed by atoms with Gasteiger partial charge in [-0.3, -0.25) is 14.2 Å². The van der Waals surface area contributed by atoms with Crippen molar-refractivity contribution in [2.24, 2.45) is 7.05 Å². The molecule has 7 nitrogen and oxygen atoms in total. The van der Waals surface area contributed by atoms with Crippen LogP contribution in [0.1, 0.15) is 22.3 Å². The number of nitrogens with zero attached hydrogens (tertiary/aromatic N) is 3. The monoisotopic (exact) mass is 480 g/mol. The summed E-state index contributed by atoms with van der Waals surface area (Å²) >= 11 is 0. The summed E-state index contributed by atoms with van der Waals surface area (Å²) in [6.07, 6.45) is 0. The van der Waals surface area contributed by atoms with Gasteiger partial charge in [0.1, 0.15) is 12.1 Å². The summed E-state index contributed by atoms with van der Waals surface area (Å²) in [5.41, 5.74) is 5.68. The van der Waals surface area contributed by atoms with Gasteiger partial charge in [0, 0.05) is 18.1 Å². The van der Waals surface area contributed by atoms with Crippen LogP contribution in [-0.4, -0.2) is 19.6 Å². The van der Waals surface area contributed by atoms with Gasteiger partial charge in [0.05, 0.1) is 16.7 Å². The number of hydrogen-bond donors (Lipinski definition) is 1. The van der Waals surface area contributed by atoms with Gasteiger partial charge < -0.3 is 9.88 Å². The van der Waals surface area contributed by atoms with Crippen LogP contribution in [0.3, 0.4) is 0 Å². The van der Waals surface area contributed by atoms with Gasteiger partial charge in [-0.15, -0.1) is 0 Å². The largest absolute Gasteiger partial charge is 0.338 e. The van der Waals surface area contributed by atoms with Crippen molar-refractivity contribution in [2.45, 2.75) is 34.2 Å². The highest BCUT2D eigenvalue weighted by Gasteiger charge is 2.23. The molecule has 0 spiro atoms. The van der Waals surface area contributed by atoms with Crippen LogP contribution in [0.4, 0.5) is 5.69 Å². The van der Waals surface area contributed by atoms with Crippen molar-refractivity contribution in [3.63, 3.8) is 0 Å². The highest BCUT2D eigenvalue weighted by molar-refractivity contribution is 6.06. The molecule has 3 aromatic carbocycles. The number of benzene rings is 3. The van der Waals surface area contributed by atoms with E-state index in [0.717, 1.165) is 43.4 Å². The topological polar surface area (TPSA) is 78.0 Å². The lowest BCUT2D eigenvalue weighted by Gasteiger charge is -2.15. The molecule has 0 saturated heterocycles. The first-order valence-electron chi connectivity index (χ1n) is 11.8. The molecule has 0 bridgehead atoms. The Balaban J connectivity index is 1.79. The molecule has 0 aliphatic rings. The minimum absolute atomic E-state index is 0.234. The number of anilines is 1. The number of hydrogen-bond acceptors (Lipinski definition) is 3. The average Bonchev–Trinajstić information content (AvgIpc) is 3.11. The second-order valence-electron chi connectivity index (χ2n) is 9.44. The summed E-state index contributed by atoms with van der Waals surface area (Å²) in [4.78, 5) is 41.0. The first-order valence-corrected chi connectivity index (χ1v) is 11.8. The Hall–Kier alpha value is -4.39. The van der Waals surface area contributed by atoms with Crippen LogP contribution in [0.2, 0.25) is 0 Å². The normalized spacial score (nSPS) is 11.4. The standard InChI is InChI=1S/C29H28N4O3/c1-17-8-6-11-21(14-17)33-28(35)27-26(22-15-18(2)12-13-23(22)31(27)5)32(29(33)36)16-24(34)30-25-19(3)9-7-10-20(25)4/h6-15H,16H2,1-5H3,(H,30,34). The van der Waals surface area contributed by atoms with E-state index in [4.69, 9.17) is 0 Å². The minimum Gasteiger partial charge on any atom is -0.338 e. The Morgan fingerprint density at radius 1 is 0.833 bits per heavy atom. The van der Waals surface area contributed by atoms with Gasteiger partial charge in [0.25, 0.3) is 5.56 Å². The molecule has 0 atom stereocenters. The maximum atomic E-state index is 13.9. The van der Waals surface area contributed by atoms with Crippen LogP contribution >= 0.6 is 0 Å². The number of nitrogens with one attached hydrogen (secondary N) is 1. The maximum Gasteiger partial charge on any atom is 0.336 e. The molecule has 0 saturated carbocycles. The van der Waals surface area contributed by atoms with Crippen molar-refractivity contribution >= 4 is 33.5 Å². The van der Waals surface area contributed by atoms with E-state index in [0.29, 0.717) is 16.7 Å². The van der Waals surface area contributed by atoms with Gasteiger partial charge in [-0.25, -0.2) is 9.36 Å². The molecule has 0 aliphatic carbocycles. The van der Waals surface area contributed by atoms with E-state index in [1.54, 1.807) is 16.7 Å². The number of rotatable bonds is 4. The predicted octanol–water partition coefficient (Wildman–Crippen LogP) is 4.52. The zero-order chi connectivity index (χ0) is 25.7. The molecule has 5 aromatic rings. The van der Waals surface area contributed by atoms with E-state index < -0.39 is 11.2 Å². The number of carbonyl (C=O) groups is 1. The molecule has 1 N–H and O–H groups in total. The van der Waals surface area contributed by atoms with E-state index in [2.05, 4.69) is 5.32 Å². The Bertz CT molecular complexity index is 1780. The van der Waals surface area contributed by atoms with E-state index in [1.807, 2.05) is 83.3 Å². The van der Waals surface area contributed by atoms with Gasteiger partial charge in [-0.1, -0.05) is 42.0 Å². The number of carbonyl (C=O) groups excluding carboxylic acids is 1. The quantitative estimate of drug-likeness (QED) is 0.411. The molecule has 7 heteroatoms. The highest BCUT2D eigenvalue weighted by atomic mass is 16.2. The van der Waals surface area contributed by atoms with Crippen LogP contribution < -0.4 is 16.6 Å². The lowest BCUT2D eigenvalue weighted by molar-refractivity contribution is -0.116. The van der Waals surface area contributed by atoms with Crippen LogP contribution in [0.15, 0.2) is 70.3 Å². The molecule has 2 heterocycles. The van der Waals surface area contributed by atoms with E-state index in [-0.39, 0.29) is 12.5 Å². The predicted molar refractivity (Wildman–Crippen MR) is 144 cm³/mol. The van der Waals surface area contributed by atoms with Crippen molar-refractivity contribution in [1.82, 2.24) is 13.7 Å². The fourth-order valence-electron chi connectivity index (χ4n) is 4.94. The van der Waals surface area contributed by atoms with Crippen LogP contribution in [0.5, 0.6) is 0 Å². The molecule has 5 rings (SSSR count). The lowest BCUT2D eigenvalue weighted by atomic mass is 10.1. The second-order valence-corrected chi connectivity index (χ2v) is 9.44. The van der Waals surface area contributed by atoms with Crippen molar-refractivity contribution in [3.8, 4) is 5.69 Å². The number of amides is 1. The Morgan fingerprint density at radius 2 is 1.50 bits per heavy atom. The van der Waals surface area contributed by atoms with Crippen LogP contribution in [0.25, 0.3) is 27.6 Å². The third-order valence-corrected chi connectivity index (χ3v) is 6.73. The zero-order valence-corrected chi connectivity index (χ0v) is 21.0. The van der Waals surface area contributed by atoms with Gasteiger partial charge >= 0.3 is 5.69 Å². The third kappa shape index (κ3) is 3.73. The number of fused-ring (bicyclic) bond motifs is 3.